The summed E-state index contributed by atoms with van der Waals surface area (Å²) in [5, 5.41) is 59.6. The third kappa shape index (κ3) is 17.9. The summed E-state index contributed by atoms with van der Waals surface area (Å²) in [5.74, 6) is -14.8. The van der Waals surface area contributed by atoms with Crippen LogP contribution in [0.2, 0.25) is 0 Å². The normalized spacial score (nSPS) is 14.4. The Morgan fingerprint density at radius 3 is 1.25 bits per heavy atom. The van der Waals surface area contributed by atoms with E-state index in [1.807, 2.05) is 5.32 Å². The Kier molecular flexibility index (Phi) is 19.6. The molecule has 23 nitrogen and oxygen atoms in total. The Morgan fingerprint density at radius 1 is 0.500 bits per heavy atom. The van der Waals surface area contributed by atoms with Crippen molar-refractivity contribution in [3.8, 4) is 0 Å². The molecule has 1 aromatic rings. The molecule has 7 atom stereocenters. The molecule has 0 bridgehead atoms. The number of rotatable bonds is 25. The second-order valence-electron chi connectivity index (χ2n) is 12.4. The lowest BCUT2D eigenvalue weighted by Gasteiger charge is -2.26. The zero-order valence-corrected chi connectivity index (χ0v) is 30.2. The van der Waals surface area contributed by atoms with Gasteiger partial charge in [-0.05, 0) is 32.3 Å². The number of aliphatic carboxylic acids is 5. The molecule has 0 heterocycles. The maximum absolute atomic E-state index is 13.5. The largest absolute Gasteiger partial charge is 0.481 e. The van der Waals surface area contributed by atoms with Gasteiger partial charge in [0.1, 0.15) is 36.3 Å². The highest BCUT2D eigenvalue weighted by atomic mass is 16.4. The summed E-state index contributed by atoms with van der Waals surface area (Å²) >= 11 is 0. The van der Waals surface area contributed by atoms with Crippen LogP contribution in [-0.2, 0) is 59.2 Å². The molecule has 6 amide bonds. The van der Waals surface area contributed by atoms with Crippen LogP contribution in [0.15, 0.2) is 30.3 Å². The molecule has 0 aromatic heterocycles. The van der Waals surface area contributed by atoms with Crippen LogP contribution in [0, 0.1) is 0 Å². The molecule has 0 aliphatic heterocycles. The van der Waals surface area contributed by atoms with Crippen molar-refractivity contribution < 1.29 is 78.3 Å². The summed E-state index contributed by atoms with van der Waals surface area (Å²) in [5.41, 5.74) is 5.93. The fraction of sp³-hybridized carbons (Fsp3) is 0.485. The number of carbonyl (C=O) groups excluding carboxylic acids is 6. The molecule has 0 radical (unpaired) electrons. The molecule has 0 saturated carbocycles. The number of hydrogen-bond donors (Lipinski definition) is 12. The van der Waals surface area contributed by atoms with Crippen molar-refractivity contribution >= 4 is 65.3 Å². The summed E-state index contributed by atoms with van der Waals surface area (Å²) < 4.78 is 0. The van der Waals surface area contributed by atoms with Crippen molar-refractivity contribution in [1.29, 1.82) is 0 Å². The van der Waals surface area contributed by atoms with E-state index in [0.717, 1.165) is 0 Å². The number of benzene rings is 1. The van der Waals surface area contributed by atoms with Gasteiger partial charge in [0.15, 0.2) is 0 Å². The van der Waals surface area contributed by atoms with Crippen molar-refractivity contribution in [3.63, 3.8) is 0 Å². The Bertz CT molecular complexity index is 1640. The number of carbonyl (C=O) groups is 11. The molecular formula is C33H45N7O16. The lowest BCUT2D eigenvalue weighted by molar-refractivity contribution is -0.144. The van der Waals surface area contributed by atoms with Crippen LogP contribution in [0.5, 0.6) is 0 Å². The Morgan fingerprint density at radius 2 is 0.875 bits per heavy atom. The van der Waals surface area contributed by atoms with Crippen molar-refractivity contribution in [2.75, 3.05) is 0 Å². The van der Waals surface area contributed by atoms with Crippen LogP contribution in [0.25, 0.3) is 0 Å². The third-order valence-corrected chi connectivity index (χ3v) is 7.65. The zero-order chi connectivity index (χ0) is 42.7. The number of carboxylic acid groups (broad SMARTS) is 5. The maximum atomic E-state index is 13.5. The topological polar surface area (TPSA) is 387 Å². The summed E-state index contributed by atoms with van der Waals surface area (Å²) in [7, 11) is 0. The predicted molar refractivity (Wildman–Crippen MR) is 187 cm³/mol. The predicted octanol–water partition coefficient (Wildman–Crippen LogP) is -3.73. The van der Waals surface area contributed by atoms with Gasteiger partial charge in [-0.25, -0.2) is 4.79 Å². The average molecular weight is 796 g/mol. The lowest BCUT2D eigenvalue weighted by atomic mass is 10.0. The summed E-state index contributed by atoms with van der Waals surface area (Å²) in [6, 6.07) is -3.61. The molecule has 0 fully saturated rings. The molecule has 23 heteroatoms. The zero-order valence-electron chi connectivity index (χ0n) is 30.2. The van der Waals surface area contributed by atoms with Gasteiger partial charge in [0.05, 0.1) is 18.9 Å². The Balaban J connectivity index is 3.33. The molecule has 0 unspecified atom stereocenters. The summed E-state index contributed by atoms with van der Waals surface area (Å²) in [6.45, 7) is 2.51. The molecule has 1 rings (SSSR count). The Labute approximate surface area is 318 Å². The fourth-order valence-electron chi connectivity index (χ4n) is 4.69. The molecular weight excluding hydrogens is 750 g/mol. The second kappa shape index (κ2) is 23.2. The lowest BCUT2D eigenvalue weighted by Crippen LogP contribution is -2.60. The van der Waals surface area contributed by atoms with Gasteiger partial charge in [-0.15, -0.1) is 0 Å². The van der Waals surface area contributed by atoms with Crippen molar-refractivity contribution in [2.45, 2.75) is 101 Å². The van der Waals surface area contributed by atoms with Crippen LogP contribution in [0.4, 0.5) is 0 Å². The smallest absolute Gasteiger partial charge is 0.326 e. The van der Waals surface area contributed by atoms with E-state index in [0.29, 0.717) is 5.56 Å². The van der Waals surface area contributed by atoms with E-state index < -0.39 is 146 Å². The number of amides is 6. The highest BCUT2D eigenvalue weighted by molar-refractivity contribution is 5.98. The van der Waals surface area contributed by atoms with Crippen LogP contribution in [0.1, 0.15) is 57.9 Å². The maximum Gasteiger partial charge on any atom is 0.326 e. The van der Waals surface area contributed by atoms with Gasteiger partial charge in [-0.1, -0.05) is 30.3 Å². The van der Waals surface area contributed by atoms with Gasteiger partial charge in [0.2, 0.25) is 35.4 Å². The van der Waals surface area contributed by atoms with Gasteiger partial charge >= 0.3 is 29.8 Å². The van der Waals surface area contributed by atoms with Crippen LogP contribution in [-0.4, -0.2) is 133 Å². The molecule has 1 aromatic carbocycles. The highest BCUT2D eigenvalue weighted by Crippen LogP contribution is 2.08. The number of nitrogens with two attached hydrogens (primary N) is 1. The van der Waals surface area contributed by atoms with Gasteiger partial charge in [-0.2, -0.15) is 0 Å². The first-order valence-electron chi connectivity index (χ1n) is 16.8. The van der Waals surface area contributed by atoms with E-state index in [1.165, 1.54) is 13.8 Å². The number of carboxylic acids is 5. The minimum Gasteiger partial charge on any atom is -0.481 e. The monoisotopic (exact) mass is 795 g/mol. The van der Waals surface area contributed by atoms with Crippen LogP contribution < -0.4 is 37.6 Å². The van der Waals surface area contributed by atoms with Crippen molar-refractivity contribution in [2.24, 2.45) is 5.73 Å². The van der Waals surface area contributed by atoms with Crippen molar-refractivity contribution in [1.82, 2.24) is 31.9 Å². The first-order valence-corrected chi connectivity index (χ1v) is 16.8. The van der Waals surface area contributed by atoms with E-state index in [9.17, 15) is 78.3 Å². The molecule has 0 saturated heterocycles. The van der Waals surface area contributed by atoms with Crippen LogP contribution >= 0.6 is 0 Å². The first-order chi connectivity index (χ1) is 26.1. The van der Waals surface area contributed by atoms with Crippen molar-refractivity contribution in [3.05, 3.63) is 35.9 Å². The van der Waals surface area contributed by atoms with Crippen LogP contribution in [0.3, 0.4) is 0 Å². The van der Waals surface area contributed by atoms with Gasteiger partial charge in [0, 0.05) is 19.3 Å². The van der Waals surface area contributed by atoms with Gasteiger partial charge in [-0.3, -0.25) is 47.9 Å². The van der Waals surface area contributed by atoms with E-state index >= 15 is 0 Å². The quantitative estimate of drug-likeness (QED) is 0.0452. The molecule has 13 N–H and O–H groups in total. The fourth-order valence-corrected chi connectivity index (χ4v) is 4.69. The highest BCUT2D eigenvalue weighted by Gasteiger charge is 2.34. The minimum absolute atomic E-state index is 0.240. The summed E-state index contributed by atoms with van der Waals surface area (Å²) in [6.07, 6.45) is -5.41. The summed E-state index contributed by atoms with van der Waals surface area (Å²) in [4.78, 5) is 136. The second-order valence-corrected chi connectivity index (χ2v) is 12.4. The third-order valence-electron chi connectivity index (χ3n) is 7.65. The van der Waals surface area contributed by atoms with E-state index in [4.69, 9.17) is 5.73 Å². The first kappa shape index (κ1) is 47.4. The van der Waals surface area contributed by atoms with E-state index in [2.05, 4.69) is 26.6 Å². The minimum atomic E-state index is -1.97. The van der Waals surface area contributed by atoms with E-state index in [-0.39, 0.29) is 6.42 Å². The van der Waals surface area contributed by atoms with Gasteiger partial charge < -0.3 is 63.2 Å². The average Bonchev–Trinajstić information content (AvgIpc) is 3.10. The molecule has 0 aliphatic carbocycles. The molecule has 308 valence electrons. The van der Waals surface area contributed by atoms with Gasteiger partial charge in [0.25, 0.3) is 0 Å². The number of hydrogen-bond acceptors (Lipinski definition) is 12. The number of nitrogens with one attached hydrogen (secondary N) is 6. The molecule has 0 spiro atoms. The SMILES string of the molecule is C[C@H](N)C(=O)N[C@@H](C)C(=O)N[C@@H](CC(=O)O)C(=O)N[C@@H](CCC(=O)O)C(=O)N[C@@H](CCC(=O)O)C(=O)N[C@@H](CC(=O)O)C(=O)N[C@@H](Cc1ccccc1)C(=O)O. The molecule has 56 heavy (non-hydrogen) atoms. The standard InChI is InChI=1S/C33H45N7O16/c1-15(34)27(49)35-16(2)28(50)38-20(13-25(45)46)31(53)37-18(8-10-23(41)42)29(51)36-19(9-11-24(43)44)30(52)39-21(14-26(47)48)32(54)40-22(33(55)56)12-17-6-4-3-5-7-17/h3-7,15-16,18-22H,8-14,34H2,1-2H3,(H,35,49)(H,36,51)(H,37,53)(H,38,50)(H,39,52)(H,40,54)(H,41,42)(H,43,44)(H,45,46)(H,47,48)(H,55,56)/t15-,16-,18-,19-,20-,21-,22-/m0/s1. The van der Waals surface area contributed by atoms with E-state index in [1.54, 1.807) is 30.3 Å². The Hall–Kier alpha value is -6.65. The molecule has 0 aliphatic rings.